The first-order valence-corrected chi connectivity index (χ1v) is 8.52. The van der Waals surface area contributed by atoms with Gasteiger partial charge in [-0.2, -0.15) is 0 Å². The summed E-state index contributed by atoms with van der Waals surface area (Å²) in [5.74, 6) is 2.00. The fourth-order valence-corrected chi connectivity index (χ4v) is 4.24. The number of ketones is 1. The first-order chi connectivity index (χ1) is 9.24. The number of hydrogen-bond donors (Lipinski definition) is 1. The molecule has 0 saturated heterocycles. The molecule has 0 radical (unpaired) electrons. The molecule has 2 nitrogen and oxygen atoms in total. The van der Waals surface area contributed by atoms with Crippen molar-refractivity contribution in [2.45, 2.75) is 83.6 Å². The highest BCUT2D eigenvalue weighted by molar-refractivity contribution is 5.82. The van der Waals surface area contributed by atoms with Gasteiger partial charge in [0, 0.05) is 18.4 Å². The van der Waals surface area contributed by atoms with E-state index in [0.717, 1.165) is 12.8 Å². The Kier molecular flexibility index (Phi) is 5.87. The van der Waals surface area contributed by atoms with Crippen LogP contribution in [0, 0.1) is 17.8 Å². The van der Waals surface area contributed by atoms with E-state index in [1.54, 1.807) is 0 Å². The van der Waals surface area contributed by atoms with Gasteiger partial charge in [-0.05, 0) is 37.5 Å². The molecule has 0 aromatic heterocycles. The lowest BCUT2D eigenvalue weighted by molar-refractivity contribution is -0.125. The molecule has 2 bridgehead atoms. The molecular weight excluding hydrogens is 234 g/mol. The minimum absolute atomic E-state index is 0.191. The normalized spacial score (nSPS) is 32.9. The van der Waals surface area contributed by atoms with Crippen molar-refractivity contribution >= 4 is 5.78 Å². The predicted octanol–water partition coefficient (Wildman–Crippen LogP) is 4.07. The van der Waals surface area contributed by atoms with Gasteiger partial charge in [-0.3, -0.25) is 4.79 Å². The monoisotopic (exact) mass is 265 g/mol. The van der Waals surface area contributed by atoms with Gasteiger partial charge in [-0.15, -0.1) is 0 Å². The molecule has 0 amide bonds. The SMILES string of the molecule is CCCCCCCCCC(=O)C1C2CCC(C2)C1N. The van der Waals surface area contributed by atoms with Gasteiger partial charge < -0.3 is 5.73 Å². The first-order valence-electron chi connectivity index (χ1n) is 8.52. The Morgan fingerprint density at radius 1 is 1.00 bits per heavy atom. The maximum atomic E-state index is 12.3. The molecule has 2 saturated carbocycles. The van der Waals surface area contributed by atoms with Crippen molar-refractivity contribution < 1.29 is 4.79 Å². The predicted molar refractivity (Wildman–Crippen MR) is 79.9 cm³/mol. The molecule has 2 rings (SSSR count). The zero-order valence-corrected chi connectivity index (χ0v) is 12.6. The summed E-state index contributed by atoms with van der Waals surface area (Å²) in [5.41, 5.74) is 6.23. The summed E-state index contributed by atoms with van der Waals surface area (Å²) in [6.07, 6.45) is 13.5. The maximum Gasteiger partial charge on any atom is 0.137 e. The summed E-state index contributed by atoms with van der Waals surface area (Å²) < 4.78 is 0. The second-order valence-electron chi connectivity index (χ2n) is 6.77. The van der Waals surface area contributed by atoms with Crippen molar-refractivity contribution in [3.8, 4) is 0 Å². The largest absolute Gasteiger partial charge is 0.327 e. The first kappa shape index (κ1) is 15.0. The third-order valence-corrected chi connectivity index (χ3v) is 5.38. The lowest BCUT2D eigenvalue weighted by atomic mass is 9.81. The number of unbranched alkanes of at least 4 members (excludes halogenated alkanes) is 6. The molecule has 2 fully saturated rings. The van der Waals surface area contributed by atoms with E-state index >= 15 is 0 Å². The van der Waals surface area contributed by atoms with E-state index in [1.807, 2.05) is 0 Å². The van der Waals surface area contributed by atoms with Crippen molar-refractivity contribution in [1.29, 1.82) is 0 Å². The van der Waals surface area contributed by atoms with E-state index in [-0.39, 0.29) is 12.0 Å². The van der Waals surface area contributed by atoms with Gasteiger partial charge in [0.15, 0.2) is 0 Å². The molecule has 0 heterocycles. The molecule has 0 aromatic rings. The third kappa shape index (κ3) is 3.81. The van der Waals surface area contributed by atoms with Gasteiger partial charge in [0.2, 0.25) is 0 Å². The van der Waals surface area contributed by atoms with Crippen molar-refractivity contribution in [2.24, 2.45) is 23.5 Å². The molecule has 4 unspecified atom stereocenters. The summed E-state index contributed by atoms with van der Waals surface area (Å²) in [6.45, 7) is 2.25. The molecule has 2 N–H and O–H groups in total. The van der Waals surface area contributed by atoms with Crippen LogP contribution in [0.15, 0.2) is 0 Å². The molecule has 110 valence electrons. The van der Waals surface area contributed by atoms with Crippen LogP contribution in [0.3, 0.4) is 0 Å². The fourth-order valence-electron chi connectivity index (χ4n) is 4.24. The van der Waals surface area contributed by atoms with E-state index < -0.39 is 0 Å². The molecule has 19 heavy (non-hydrogen) atoms. The van der Waals surface area contributed by atoms with E-state index in [1.165, 1.54) is 57.8 Å². The lowest BCUT2D eigenvalue weighted by Gasteiger charge is -2.26. The summed E-state index contributed by atoms with van der Waals surface area (Å²) in [4.78, 5) is 12.3. The van der Waals surface area contributed by atoms with Crippen LogP contribution in [0.25, 0.3) is 0 Å². The highest BCUT2D eigenvalue weighted by atomic mass is 16.1. The number of rotatable bonds is 9. The van der Waals surface area contributed by atoms with Crippen LogP contribution in [-0.2, 0) is 4.79 Å². The third-order valence-electron chi connectivity index (χ3n) is 5.38. The minimum Gasteiger partial charge on any atom is -0.327 e. The molecule has 0 aromatic carbocycles. The lowest BCUT2D eigenvalue weighted by Crippen LogP contribution is -2.40. The summed E-state index contributed by atoms with van der Waals surface area (Å²) >= 11 is 0. The van der Waals surface area contributed by atoms with Crippen LogP contribution in [0.4, 0.5) is 0 Å². The number of hydrogen-bond acceptors (Lipinski definition) is 2. The van der Waals surface area contributed by atoms with Crippen LogP contribution in [0.1, 0.15) is 77.6 Å². The van der Waals surface area contributed by atoms with Crippen molar-refractivity contribution in [2.75, 3.05) is 0 Å². The zero-order valence-electron chi connectivity index (χ0n) is 12.6. The molecule has 4 atom stereocenters. The van der Waals surface area contributed by atoms with Gasteiger partial charge >= 0.3 is 0 Å². The Hall–Kier alpha value is -0.370. The Bertz CT molecular complexity index is 287. The molecular formula is C17H31NO. The second kappa shape index (κ2) is 7.42. The molecule has 0 aliphatic heterocycles. The van der Waals surface area contributed by atoms with Crippen LogP contribution in [-0.4, -0.2) is 11.8 Å². The summed E-state index contributed by atoms with van der Waals surface area (Å²) in [6, 6.07) is 0.191. The van der Waals surface area contributed by atoms with Crippen LogP contribution >= 0.6 is 0 Å². The summed E-state index contributed by atoms with van der Waals surface area (Å²) in [7, 11) is 0. The summed E-state index contributed by atoms with van der Waals surface area (Å²) in [5, 5.41) is 0. The van der Waals surface area contributed by atoms with Gasteiger partial charge in [0.1, 0.15) is 5.78 Å². The molecule has 2 aliphatic rings. The average molecular weight is 265 g/mol. The van der Waals surface area contributed by atoms with E-state index in [9.17, 15) is 4.79 Å². The van der Waals surface area contributed by atoms with Crippen molar-refractivity contribution in [3.63, 3.8) is 0 Å². The van der Waals surface area contributed by atoms with Gasteiger partial charge in [0.25, 0.3) is 0 Å². The van der Waals surface area contributed by atoms with Gasteiger partial charge in [-0.1, -0.05) is 45.4 Å². The smallest absolute Gasteiger partial charge is 0.137 e. The molecule has 0 spiro atoms. The Balaban J connectivity index is 1.57. The minimum atomic E-state index is 0.191. The zero-order chi connectivity index (χ0) is 13.7. The molecule has 2 aliphatic carbocycles. The van der Waals surface area contributed by atoms with E-state index in [0.29, 0.717) is 17.6 Å². The van der Waals surface area contributed by atoms with Crippen molar-refractivity contribution in [1.82, 2.24) is 0 Å². The quantitative estimate of drug-likeness (QED) is 0.639. The number of carbonyl (C=O) groups excluding carboxylic acids is 1. The molecule has 2 heteroatoms. The maximum absolute atomic E-state index is 12.3. The number of fused-ring (bicyclic) bond motifs is 2. The van der Waals surface area contributed by atoms with Crippen LogP contribution in [0.5, 0.6) is 0 Å². The Morgan fingerprint density at radius 2 is 1.63 bits per heavy atom. The number of carbonyl (C=O) groups is 1. The fraction of sp³-hybridized carbons (Fsp3) is 0.941. The number of Topliss-reactive ketones (excluding diaryl/α,β-unsaturated/α-hetero) is 1. The van der Waals surface area contributed by atoms with Crippen molar-refractivity contribution in [3.05, 3.63) is 0 Å². The van der Waals surface area contributed by atoms with Gasteiger partial charge in [0.05, 0.1) is 0 Å². The Morgan fingerprint density at radius 3 is 2.26 bits per heavy atom. The van der Waals surface area contributed by atoms with E-state index in [4.69, 9.17) is 5.73 Å². The topological polar surface area (TPSA) is 43.1 Å². The van der Waals surface area contributed by atoms with Crippen LogP contribution in [0.2, 0.25) is 0 Å². The highest BCUT2D eigenvalue weighted by Gasteiger charge is 2.48. The van der Waals surface area contributed by atoms with Crippen LogP contribution < -0.4 is 5.73 Å². The number of nitrogens with two attached hydrogens (primary N) is 1. The van der Waals surface area contributed by atoms with E-state index in [2.05, 4.69) is 6.92 Å². The Labute approximate surface area is 118 Å². The standard InChI is InChI=1S/C17H31NO/c1-2-3-4-5-6-7-8-9-15(19)16-13-10-11-14(12-13)17(16)18/h13-14,16-17H,2-12,18H2,1H3. The second-order valence-corrected chi connectivity index (χ2v) is 6.77. The van der Waals surface area contributed by atoms with Gasteiger partial charge in [-0.25, -0.2) is 0 Å². The highest BCUT2D eigenvalue weighted by Crippen LogP contribution is 2.48. The average Bonchev–Trinajstić information content (AvgIpc) is 2.98.